The monoisotopic (exact) mass is 490 g/mol. The van der Waals surface area contributed by atoms with Gasteiger partial charge in [-0.05, 0) is 56.0 Å². The number of carbonyl (C=O) groups is 3. The minimum absolute atomic E-state index is 0.0671. The highest BCUT2D eigenvalue weighted by molar-refractivity contribution is 6.17. The van der Waals surface area contributed by atoms with Gasteiger partial charge in [-0.25, -0.2) is 14.4 Å². The number of hydrogen-bond donors (Lipinski definition) is 2. The van der Waals surface area contributed by atoms with Gasteiger partial charge >= 0.3 is 18.2 Å². The number of alkyl carbamates (subject to hydrolysis) is 1. The van der Waals surface area contributed by atoms with E-state index in [2.05, 4.69) is 10.6 Å². The summed E-state index contributed by atoms with van der Waals surface area (Å²) >= 11 is 6.15. The molecule has 0 saturated carbocycles. The lowest BCUT2D eigenvalue weighted by atomic mass is 9.97. The zero-order chi connectivity index (χ0) is 25.3. The molecule has 0 heterocycles. The molecule has 1 unspecified atom stereocenters. The number of halogens is 1. The summed E-state index contributed by atoms with van der Waals surface area (Å²) in [5.74, 6) is -0.490. The molecule has 0 bridgehead atoms. The minimum atomic E-state index is -0.987. The van der Waals surface area contributed by atoms with Crippen molar-refractivity contribution in [3.8, 4) is 0 Å². The lowest BCUT2D eigenvalue weighted by Crippen LogP contribution is -2.43. The lowest BCUT2D eigenvalue weighted by Gasteiger charge is -2.22. The van der Waals surface area contributed by atoms with Crippen LogP contribution in [0.5, 0.6) is 0 Å². The number of ether oxygens (including phenoxy) is 3. The Morgan fingerprint density at radius 1 is 1.03 bits per heavy atom. The molecule has 2 aromatic carbocycles. The number of benzene rings is 2. The first-order valence-corrected chi connectivity index (χ1v) is 11.3. The summed E-state index contributed by atoms with van der Waals surface area (Å²) in [6, 6.07) is 11.7. The van der Waals surface area contributed by atoms with Gasteiger partial charge in [-0.1, -0.05) is 36.4 Å². The largest absolute Gasteiger partial charge is 0.467 e. The van der Waals surface area contributed by atoms with Crippen LogP contribution in [0.25, 0.3) is 0 Å². The second-order valence-corrected chi connectivity index (χ2v) is 8.95. The maximum atomic E-state index is 12.4. The molecule has 0 spiro atoms. The Kier molecular flexibility index (Phi) is 9.74. The summed E-state index contributed by atoms with van der Waals surface area (Å²) in [4.78, 5) is 36.8. The molecular weight excluding hydrogens is 460 g/mol. The van der Waals surface area contributed by atoms with Crippen molar-refractivity contribution in [1.82, 2.24) is 5.32 Å². The fraction of sp³-hybridized carbons (Fsp3) is 0.400. The first-order chi connectivity index (χ1) is 16.0. The topological polar surface area (TPSA) is 103 Å². The van der Waals surface area contributed by atoms with Gasteiger partial charge in [-0.15, -0.1) is 11.6 Å². The van der Waals surface area contributed by atoms with Crippen LogP contribution in [0.1, 0.15) is 43.0 Å². The van der Waals surface area contributed by atoms with E-state index < -0.39 is 29.8 Å². The summed E-state index contributed by atoms with van der Waals surface area (Å²) in [6.07, 6.45) is -1.20. The second kappa shape index (κ2) is 12.3. The van der Waals surface area contributed by atoms with Crippen molar-refractivity contribution in [3.63, 3.8) is 0 Å². The zero-order valence-electron chi connectivity index (χ0n) is 20.1. The number of carbonyl (C=O) groups excluding carboxylic acids is 3. The fourth-order valence-corrected chi connectivity index (χ4v) is 3.39. The van der Waals surface area contributed by atoms with E-state index in [-0.39, 0.29) is 18.9 Å². The van der Waals surface area contributed by atoms with E-state index >= 15 is 0 Å². The molecule has 0 saturated heterocycles. The van der Waals surface area contributed by atoms with E-state index in [9.17, 15) is 14.4 Å². The third-order valence-electron chi connectivity index (χ3n) is 4.74. The number of methoxy groups -OCH3 is 1. The number of esters is 1. The van der Waals surface area contributed by atoms with Crippen molar-refractivity contribution < 1.29 is 28.6 Å². The van der Waals surface area contributed by atoms with Gasteiger partial charge in [0.05, 0.1) is 7.11 Å². The number of nitrogens with one attached hydrogen (secondary N) is 2. The molecular formula is C25H31ClN2O6. The third kappa shape index (κ3) is 8.59. The molecule has 0 aliphatic heterocycles. The molecule has 2 N–H and O–H groups in total. The van der Waals surface area contributed by atoms with Crippen molar-refractivity contribution in [1.29, 1.82) is 0 Å². The molecule has 9 heteroatoms. The number of anilines is 1. The molecule has 0 aliphatic carbocycles. The summed E-state index contributed by atoms with van der Waals surface area (Å²) in [5.41, 5.74) is 2.87. The summed E-state index contributed by atoms with van der Waals surface area (Å²) in [6.45, 7) is 7.20. The quantitative estimate of drug-likeness (QED) is 0.303. The molecule has 184 valence electrons. The molecule has 34 heavy (non-hydrogen) atoms. The average molecular weight is 491 g/mol. The van der Waals surface area contributed by atoms with Crippen LogP contribution in [0, 0.1) is 6.92 Å². The van der Waals surface area contributed by atoms with Crippen LogP contribution in [0.2, 0.25) is 0 Å². The van der Waals surface area contributed by atoms with Crippen molar-refractivity contribution in [3.05, 3.63) is 64.7 Å². The average Bonchev–Trinajstić information content (AvgIpc) is 2.77. The highest BCUT2D eigenvalue weighted by Gasteiger charge is 2.25. The molecule has 0 aromatic heterocycles. The summed E-state index contributed by atoms with van der Waals surface area (Å²) in [7, 11) is 1.24. The number of alkyl halides is 1. The van der Waals surface area contributed by atoms with Crippen LogP contribution >= 0.6 is 11.6 Å². The molecule has 2 aromatic rings. The number of amides is 2. The van der Waals surface area contributed by atoms with Gasteiger partial charge in [-0.2, -0.15) is 0 Å². The Morgan fingerprint density at radius 3 is 2.29 bits per heavy atom. The zero-order valence-corrected chi connectivity index (χ0v) is 20.8. The van der Waals surface area contributed by atoms with Gasteiger partial charge < -0.3 is 19.5 Å². The van der Waals surface area contributed by atoms with Crippen molar-refractivity contribution in [2.75, 3.05) is 12.4 Å². The van der Waals surface area contributed by atoms with Crippen molar-refractivity contribution >= 4 is 35.4 Å². The van der Waals surface area contributed by atoms with Gasteiger partial charge in [-0.3, -0.25) is 5.32 Å². The number of hydrogen-bond acceptors (Lipinski definition) is 6. The van der Waals surface area contributed by atoms with Gasteiger partial charge in [0.1, 0.15) is 18.2 Å². The first kappa shape index (κ1) is 27.0. The molecule has 8 nitrogen and oxygen atoms in total. The highest BCUT2D eigenvalue weighted by atomic mass is 35.5. The molecule has 1 atom stereocenters. The molecule has 2 rings (SSSR count). The van der Waals surface area contributed by atoms with Crippen LogP contribution in [-0.4, -0.2) is 36.9 Å². The summed E-state index contributed by atoms with van der Waals surface area (Å²) < 4.78 is 15.4. The van der Waals surface area contributed by atoms with Gasteiger partial charge in [0.25, 0.3) is 0 Å². The van der Waals surface area contributed by atoms with Crippen molar-refractivity contribution in [2.45, 2.75) is 58.2 Å². The van der Waals surface area contributed by atoms with Crippen LogP contribution in [0.3, 0.4) is 0 Å². The Hall–Kier alpha value is -3.26. The number of aryl methyl sites for hydroxylation is 1. The molecule has 2 amide bonds. The molecule has 0 fully saturated rings. The lowest BCUT2D eigenvalue weighted by molar-refractivity contribution is -0.143. The van der Waals surface area contributed by atoms with Gasteiger partial charge in [0.15, 0.2) is 0 Å². The number of rotatable bonds is 8. The fourth-order valence-electron chi connectivity index (χ4n) is 3.14. The highest BCUT2D eigenvalue weighted by Crippen LogP contribution is 2.25. The van der Waals surface area contributed by atoms with Crippen LogP contribution < -0.4 is 10.6 Å². The summed E-state index contributed by atoms with van der Waals surface area (Å²) in [5, 5.41) is 5.28. The Bertz CT molecular complexity index is 1000. The van der Waals surface area contributed by atoms with E-state index in [0.717, 1.165) is 16.7 Å². The Labute approximate surface area is 204 Å². The first-order valence-electron chi connectivity index (χ1n) is 10.8. The van der Waals surface area contributed by atoms with E-state index in [1.54, 1.807) is 32.9 Å². The smallest absolute Gasteiger partial charge is 0.412 e. The van der Waals surface area contributed by atoms with Gasteiger partial charge in [0, 0.05) is 18.0 Å². The van der Waals surface area contributed by atoms with E-state index in [1.807, 2.05) is 37.3 Å². The SMILES string of the molecule is COC(=O)C(Cc1cc(C)c(NC(=O)OC(C)(C)C)cc1CCl)NC(=O)OCc1ccccc1. The molecule has 0 aliphatic rings. The van der Waals surface area contributed by atoms with Crippen LogP contribution in [0.4, 0.5) is 15.3 Å². The predicted molar refractivity (Wildman–Crippen MR) is 130 cm³/mol. The van der Waals surface area contributed by atoms with Crippen LogP contribution in [-0.2, 0) is 37.9 Å². The molecule has 0 radical (unpaired) electrons. The van der Waals surface area contributed by atoms with E-state index in [4.69, 9.17) is 25.8 Å². The predicted octanol–water partition coefficient (Wildman–Crippen LogP) is 5.09. The maximum absolute atomic E-state index is 12.4. The normalized spacial score (nSPS) is 11.8. The van der Waals surface area contributed by atoms with Crippen molar-refractivity contribution in [2.24, 2.45) is 0 Å². The van der Waals surface area contributed by atoms with E-state index in [1.165, 1.54) is 7.11 Å². The third-order valence-corrected chi connectivity index (χ3v) is 5.03. The van der Waals surface area contributed by atoms with Crippen LogP contribution in [0.15, 0.2) is 42.5 Å². The van der Waals surface area contributed by atoms with E-state index in [0.29, 0.717) is 11.3 Å². The maximum Gasteiger partial charge on any atom is 0.412 e. The van der Waals surface area contributed by atoms with Gasteiger partial charge in [0.2, 0.25) is 0 Å². The Morgan fingerprint density at radius 2 is 1.71 bits per heavy atom. The Balaban J connectivity index is 2.14. The second-order valence-electron chi connectivity index (χ2n) is 8.68. The standard InChI is InChI=1S/C25H31ClN2O6/c1-16-11-18(19(14-26)13-20(16)27-24(31)34-25(2,3)4)12-21(22(29)32-5)28-23(30)33-15-17-9-7-6-8-10-17/h6-11,13,21H,12,14-15H2,1-5H3,(H,27,31)(H,28,30). The minimum Gasteiger partial charge on any atom is -0.467 e.